The van der Waals surface area contributed by atoms with Gasteiger partial charge in [0.1, 0.15) is 4.88 Å². The second kappa shape index (κ2) is 6.49. The molecule has 2 N–H and O–H groups in total. The molecule has 0 spiro atoms. The van der Waals surface area contributed by atoms with E-state index in [0.29, 0.717) is 23.5 Å². The van der Waals surface area contributed by atoms with Gasteiger partial charge in [0.25, 0.3) is 0 Å². The summed E-state index contributed by atoms with van der Waals surface area (Å²) in [6, 6.07) is 6.60. The quantitative estimate of drug-likeness (QED) is 0.856. The molecule has 0 unspecified atom stereocenters. The lowest BCUT2D eigenvalue weighted by Gasteiger charge is -2.00. The minimum absolute atomic E-state index is 0.219. The number of aromatic nitrogens is 1. The van der Waals surface area contributed by atoms with E-state index in [1.54, 1.807) is 12.1 Å². The first-order valence-corrected chi connectivity index (χ1v) is 7.37. The molecular weight excluding hydrogens is 290 g/mol. The van der Waals surface area contributed by atoms with Gasteiger partial charge in [-0.1, -0.05) is 25.5 Å². The fraction of sp³-hybridized carbons (Fsp3) is 0.267. The standard InChI is InChI=1S/C15H15NO4S/c1-2-4-11-13(15(19)20)21-12(16-11)8-9-5-3-6-10(7-9)14(17)18/h3,5-7H,2,4,8H2,1H3,(H,17,18)(H,19,20). The van der Waals surface area contributed by atoms with Gasteiger partial charge in [-0.15, -0.1) is 11.3 Å². The van der Waals surface area contributed by atoms with Crippen LogP contribution in [0.5, 0.6) is 0 Å². The van der Waals surface area contributed by atoms with Gasteiger partial charge in [0.15, 0.2) is 0 Å². The largest absolute Gasteiger partial charge is 0.478 e. The van der Waals surface area contributed by atoms with Crippen LogP contribution >= 0.6 is 11.3 Å². The first-order valence-electron chi connectivity index (χ1n) is 6.55. The van der Waals surface area contributed by atoms with Crippen LogP contribution in [0, 0.1) is 0 Å². The first kappa shape index (κ1) is 15.2. The van der Waals surface area contributed by atoms with E-state index in [1.807, 2.05) is 13.0 Å². The number of carboxylic acids is 2. The van der Waals surface area contributed by atoms with Crippen molar-refractivity contribution in [2.75, 3.05) is 0 Å². The SMILES string of the molecule is CCCc1nc(Cc2cccc(C(=O)O)c2)sc1C(=O)O. The Bertz CT molecular complexity index is 678. The normalized spacial score (nSPS) is 10.5. The van der Waals surface area contributed by atoms with Crippen LogP contribution < -0.4 is 0 Å². The Hall–Kier alpha value is -2.21. The van der Waals surface area contributed by atoms with Crippen molar-refractivity contribution >= 4 is 23.3 Å². The molecule has 0 fully saturated rings. The summed E-state index contributed by atoms with van der Waals surface area (Å²) in [7, 11) is 0. The number of aromatic carboxylic acids is 2. The summed E-state index contributed by atoms with van der Waals surface area (Å²) in [5.41, 5.74) is 1.64. The van der Waals surface area contributed by atoms with E-state index < -0.39 is 11.9 Å². The van der Waals surface area contributed by atoms with Crippen LogP contribution in [0.1, 0.15) is 49.6 Å². The van der Waals surface area contributed by atoms with Crippen LogP contribution in [0.15, 0.2) is 24.3 Å². The van der Waals surface area contributed by atoms with E-state index >= 15 is 0 Å². The molecule has 1 heterocycles. The summed E-state index contributed by atoms with van der Waals surface area (Å²) in [6.45, 7) is 1.97. The monoisotopic (exact) mass is 305 g/mol. The Balaban J connectivity index is 2.27. The highest BCUT2D eigenvalue weighted by Gasteiger charge is 2.17. The van der Waals surface area contributed by atoms with Gasteiger partial charge < -0.3 is 10.2 Å². The molecule has 2 rings (SSSR count). The molecule has 21 heavy (non-hydrogen) atoms. The number of hydrogen-bond acceptors (Lipinski definition) is 4. The molecule has 0 aliphatic carbocycles. The van der Waals surface area contributed by atoms with Crippen molar-refractivity contribution in [3.8, 4) is 0 Å². The maximum absolute atomic E-state index is 11.2. The van der Waals surface area contributed by atoms with Crippen LogP contribution in [-0.2, 0) is 12.8 Å². The van der Waals surface area contributed by atoms with Gasteiger partial charge >= 0.3 is 11.9 Å². The molecule has 0 radical (unpaired) electrons. The van der Waals surface area contributed by atoms with E-state index in [1.165, 1.54) is 6.07 Å². The zero-order valence-electron chi connectivity index (χ0n) is 11.5. The number of aryl methyl sites for hydroxylation is 1. The third-order valence-electron chi connectivity index (χ3n) is 2.95. The van der Waals surface area contributed by atoms with Crippen molar-refractivity contribution in [2.45, 2.75) is 26.2 Å². The number of nitrogens with zero attached hydrogens (tertiary/aromatic N) is 1. The molecule has 110 valence electrons. The van der Waals surface area contributed by atoms with Gasteiger partial charge in [-0.3, -0.25) is 0 Å². The van der Waals surface area contributed by atoms with E-state index in [0.717, 1.165) is 23.3 Å². The first-order chi connectivity index (χ1) is 10.0. The molecule has 5 nitrogen and oxygen atoms in total. The number of carbonyl (C=O) groups is 2. The number of carboxylic acid groups (broad SMARTS) is 2. The number of benzene rings is 1. The number of hydrogen-bond donors (Lipinski definition) is 2. The maximum atomic E-state index is 11.2. The summed E-state index contributed by atoms with van der Waals surface area (Å²) < 4.78 is 0. The average molecular weight is 305 g/mol. The van der Waals surface area contributed by atoms with Crippen LogP contribution in [0.4, 0.5) is 0 Å². The van der Waals surface area contributed by atoms with Crippen molar-refractivity contribution in [2.24, 2.45) is 0 Å². The summed E-state index contributed by atoms with van der Waals surface area (Å²) in [5.74, 6) is -1.93. The van der Waals surface area contributed by atoms with Crippen molar-refractivity contribution in [1.29, 1.82) is 0 Å². The Labute approximate surface area is 125 Å². The topological polar surface area (TPSA) is 87.5 Å². The van der Waals surface area contributed by atoms with Gasteiger partial charge in [-0.05, 0) is 24.1 Å². The molecule has 2 aromatic rings. The second-order valence-electron chi connectivity index (χ2n) is 4.62. The molecule has 0 saturated heterocycles. The highest BCUT2D eigenvalue weighted by Crippen LogP contribution is 2.23. The molecule has 0 bridgehead atoms. The molecule has 0 aliphatic heterocycles. The predicted octanol–water partition coefficient (Wildman–Crippen LogP) is 3.08. The summed E-state index contributed by atoms with van der Waals surface area (Å²) in [6.07, 6.45) is 1.90. The molecule has 0 saturated carbocycles. The number of rotatable bonds is 6. The van der Waals surface area contributed by atoms with Gasteiger partial charge in [0, 0.05) is 6.42 Å². The zero-order chi connectivity index (χ0) is 15.4. The molecule has 1 aromatic heterocycles. The highest BCUT2D eigenvalue weighted by atomic mass is 32.1. The van der Waals surface area contributed by atoms with Crippen LogP contribution in [0.25, 0.3) is 0 Å². The third kappa shape index (κ3) is 3.66. The van der Waals surface area contributed by atoms with E-state index in [2.05, 4.69) is 4.98 Å². The fourth-order valence-electron chi connectivity index (χ4n) is 2.04. The second-order valence-corrected chi connectivity index (χ2v) is 5.70. The summed E-state index contributed by atoms with van der Waals surface area (Å²) in [4.78, 5) is 26.8. The lowest BCUT2D eigenvalue weighted by atomic mass is 10.1. The van der Waals surface area contributed by atoms with Gasteiger partial charge in [0.2, 0.25) is 0 Å². The molecule has 1 aromatic carbocycles. The molecule has 6 heteroatoms. The Morgan fingerprint density at radius 2 is 2.00 bits per heavy atom. The van der Waals surface area contributed by atoms with Crippen LogP contribution in [-0.4, -0.2) is 27.1 Å². The van der Waals surface area contributed by atoms with Crippen LogP contribution in [0.3, 0.4) is 0 Å². The highest BCUT2D eigenvalue weighted by molar-refractivity contribution is 7.13. The van der Waals surface area contributed by atoms with Gasteiger partial charge in [0.05, 0.1) is 16.3 Å². The molecule has 0 aliphatic rings. The average Bonchev–Trinajstić information content (AvgIpc) is 2.82. The molecular formula is C15H15NO4S. The predicted molar refractivity (Wildman–Crippen MR) is 79.3 cm³/mol. The van der Waals surface area contributed by atoms with E-state index in [4.69, 9.17) is 5.11 Å². The van der Waals surface area contributed by atoms with Crippen molar-refractivity contribution in [1.82, 2.24) is 4.98 Å². The maximum Gasteiger partial charge on any atom is 0.347 e. The zero-order valence-corrected chi connectivity index (χ0v) is 12.3. The van der Waals surface area contributed by atoms with Gasteiger partial charge in [-0.25, -0.2) is 14.6 Å². The fourth-order valence-corrected chi connectivity index (χ4v) is 3.02. The third-order valence-corrected chi connectivity index (χ3v) is 4.04. The van der Waals surface area contributed by atoms with Crippen molar-refractivity contribution < 1.29 is 19.8 Å². The Morgan fingerprint density at radius 3 is 2.62 bits per heavy atom. The van der Waals surface area contributed by atoms with E-state index in [9.17, 15) is 14.7 Å². The minimum atomic E-state index is -0.978. The van der Waals surface area contributed by atoms with Crippen molar-refractivity contribution in [3.05, 3.63) is 51.0 Å². The summed E-state index contributed by atoms with van der Waals surface area (Å²) >= 11 is 1.16. The molecule has 0 atom stereocenters. The molecule has 0 amide bonds. The minimum Gasteiger partial charge on any atom is -0.478 e. The van der Waals surface area contributed by atoms with Crippen LogP contribution in [0.2, 0.25) is 0 Å². The van der Waals surface area contributed by atoms with E-state index in [-0.39, 0.29) is 10.4 Å². The Morgan fingerprint density at radius 1 is 1.24 bits per heavy atom. The number of thiazole rings is 1. The lowest BCUT2D eigenvalue weighted by molar-refractivity contribution is 0.0687. The van der Waals surface area contributed by atoms with Gasteiger partial charge in [-0.2, -0.15) is 0 Å². The smallest absolute Gasteiger partial charge is 0.347 e. The van der Waals surface area contributed by atoms with Crippen molar-refractivity contribution in [3.63, 3.8) is 0 Å². The summed E-state index contributed by atoms with van der Waals surface area (Å²) in [5, 5.41) is 18.8. The lowest BCUT2D eigenvalue weighted by Crippen LogP contribution is -1.98. The Kier molecular flexibility index (Phi) is 4.70.